The van der Waals surface area contributed by atoms with Crippen molar-refractivity contribution in [2.24, 2.45) is 0 Å². The molecule has 2 N–H and O–H groups in total. The fourth-order valence-corrected chi connectivity index (χ4v) is 4.37. The number of rotatable bonds is 5. The molecule has 30 heavy (non-hydrogen) atoms. The van der Waals surface area contributed by atoms with E-state index in [-0.39, 0.29) is 0 Å². The van der Waals surface area contributed by atoms with Crippen LogP contribution in [0, 0.1) is 6.92 Å². The van der Waals surface area contributed by atoms with E-state index in [2.05, 4.69) is 81.0 Å². The smallest absolute Gasteiger partial charge is 0.103 e. The Morgan fingerprint density at radius 2 is 2.13 bits per heavy atom. The van der Waals surface area contributed by atoms with Crippen molar-refractivity contribution < 1.29 is 0 Å². The summed E-state index contributed by atoms with van der Waals surface area (Å²) in [7, 11) is 0. The van der Waals surface area contributed by atoms with Gasteiger partial charge in [0, 0.05) is 41.2 Å². The van der Waals surface area contributed by atoms with Crippen molar-refractivity contribution in [2.45, 2.75) is 19.4 Å². The molecule has 3 heterocycles. The Labute approximate surface area is 175 Å². The number of likely N-dealkylation sites (tertiary alicyclic amines) is 1. The molecule has 1 atom stereocenters. The maximum atomic E-state index is 4.52. The second kappa shape index (κ2) is 7.30. The molecule has 1 aliphatic heterocycles. The Bertz CT molecular complexity index is 1270. The van der Waals surface area contributed by atoms with Crippen LogP contribution in [0.3, 0.4) is 0 Å². The van der Waals surface area contributed by atoms with E-state index in [1.54, 1.807) is 0 Å². The molecule has 0 aliphatic carbocycles. The molecular formula is C24H24N6. The summed E-state index contributed by atoms with van der Waals surface area (Å²) in [5.41, 5.74) is 7.30. The zero-order valence-corrected chi connectivity index (χ0v) is 17.0. The lowest BCUT2D eigenvalue weighted by Gasteiger charge is -2.20. The molecule has 1 aliphatic rings. The molecule has 2 aromatic carbocycles. The topological polar surface area (TPSA) is 69.7 Å². The summed E-state index contributed by atoms with van der Waals surface area (Å²) < 4.78 is 0. The third-order valence-electron chi connectivity index (χ3n) is 5.96. The minimum absolute atomic E-state index is 0.330. The van der Waals surface area contributed by atoms with Crippen LogP contribution in [0.2, 0.25) is 0 Å². The van der Waals surface area contributed by atoms with Gasteiger partial charge < -0.3 is 10.2 Å². The first-order valence-electron chi connectivity index (χ1n) is 10.2. The first kappa shape index (κ1) is 18.4. The van der Waals surface area contributed by atoms with Crippen LogP contribution >= 0.6 is 0 Å². The minimum atomic E-state index is 0.330. The van der Waals surface area contributed by atoms with Gasteiger partial charge in [0.2, 0.25) is 0 Å². The van der Waals surface area contributed by atoms with Crippen LogP contribution in [0.1, 0.15) is 12.0 Å². The van der Waals surface area contributed by atoms with Crippen molar-refractivity contribution in [3.05, 3.63) is 73.2 Å². The number of nitrogens with one attached hydrogen (secondary N) is 2. The van der Waals surface area contributed by atoms with Crippen molar-refractivity contribution in [1.29, 1.82) is 0 Å². The average Bonchev–Trinajstić information content (AvgIpc) is 3.43. The maximum absolute atomic E-state index is 4.52. The highest BCUT2D eigenvalue weighted by Gasteiger charge is 2.23. The van der Waals surface area contributed by atoms with Crippen LogP contribution in [0.5, 0.6) is 0 Å². The van der Waals surface area contributed by atoms with Gasteiger partial charge in [-0.25, -0.2) is 0 Å². The molecule has 1 unspecified atom stereocenters. The van der Waals surface area contributed by atoms with Crippen LogP contribution in [-0.2, 0) is 0 Å². The first-order chi connectivity index (χ1) is 14.7. The van der Waals surface area contributed by atoms with Crippen LogP contribution < -0.4 is 5.32 Å². The maximum Gasteiger partial charge on any atom is 0.103 e. The summed E-state index contributed by atoms with van der Waals surface area (Å²) >= 11 is 0. The molecule has 6 nitrogen and oxygen atoms in total. The van der Waals surface area contributed by atoms with Crippen LogP contribution in [-0.4, -0.2) is 44.4 Å². The predicted octanol–water partition coefficient (Wildman–Crippen LogP) is 4.67. The number of hydrogen-bond donors (Lipinski definition) is 2. The monoisotopic (exact) mass is 396 g/mol. The van der Waals surface area contributed by atoms with Crippen molar-refractivity contribution in [2.75, 3.05) is 18.4 Å². The Morgan fingerprint density at radius 1 is 1.23 bits per heavy atom. The molecular weight excluding hydrogens is 372 g/mol. The summed E-state index contributed by atoms with van der Waals surface area (Å²) in [5, 5.41) is 22.0. The van der Waals surface area contributed by atoms with Crippen molar-refractivity contribution in [1.82, 2.24) is 25.3 Å². The van der Waals surface area contributed by atoms with Crippen molar-refractivity contribution in [3.63, 3.8) is 0 Å². The molecule has 0 radical (unpaired) electrons. The number of aromatic nitrogens is 4. The fraction of sp³-hybridized carbons (Fsp3) is 0.208. The number of hydrogen-bond acceptors (Lipinski definition) is 5. The number of aromatic amines is 1. The van der Waals surface area contributed by atoms with Gasteiger partial charge in [-0.3, -0.25) is 5.10 Å². The second-order valence-electron chi connectivity index (χ2n) is 7.82. The third kappa shape index (κ3) is 3.01. The Hall–Kier alpha value is -3.67. The number of benzene rings is 2. The van der Waals surface area contributed by atoms with Gasteiger partial charge in [-0.2, -0.15) is 10.2 Å². The molecule has 6 heteroatoms. The van der Waals surface area contributed by atoms with E-state index >= 15 is 0 Å². The van der Waals surface area contributed by atoms with E-state index in [0.29, 0.717) is 6.04 Å². The first-order valence-corrected chi connectivity index (χ1v) is 10.2. The van der Waals surface area contributed by atoms with Gasteiger partial charge in [-0.05, 0) is 36.6 Å². The molecule has 5 rings (SSSR count). The highest BCUT2D eigenvalue weighted by atomic mass is 15.2. The standard InChI is InChI=1S/C24H24N6/c1-4-16(3)30-11-10-17(14-30)27-22-13-26-29-24-18(22)6-5-7-19(24)23-15(2)8-9-21-20(23)12-25-28-21/h4-9,12-13,17H,1,3,10-11,14H2,2H3,(H,25,28)(H,27,29). The third-order valence-corrected chi connectivity index (χ3v) is 5.96. The molecule has 4 aromatic rings. The van der Waals surface area contributed by atoms with Crippen LogP contribution in [0.4, 0.5) is 5.69 Å². The summed E-state index contributed by atoms with van der Waals surface area (Å²) in [5.74, 6) is 0. The van der Waals surface area contributed by atoms with Crippen LogP contribution in [0.25, 0.3) is 32.9 Å². The SMILES string of the molecule is C=CC(=C)N1CCC(Nc2cnnc3c(-c4c(C)ccc5[nH]ncc45)cccc23)C1. The van der Waals surface area contributed by atoms with Gasteiger partial charge in [0.1, 0.15) is 5.52 Å². The highest BCUT2D eigenvalue weighted by molar-refractivity contribution is 6.06. The van der Waals surface area contributed by atoms with E-state index < -0.39 is 0 Å². The van der Waals surface area contributed by atoms with E-state index in [9.17, 15) is 0 Å². The Balaban J connectivity index is 1.56. The van der Waals surface area contributed by atoms with Gasteiger partial charge in [-0.15, -0.1) is 5.10 Å². The normalized spacial score (nSPS) is 16.3. The van der Waals surface area contributed by atoms with Gasteiger partial charge in [0.25, 0.3) is 0 Å². The zero-order valence-electron chi connectivity index (χ0n) is 17.0. The second-order valence-corrected chi connectivity index (χ2v) is 7.82. The summed E-state index contributed by atoms with van der Waals surface area (Å²) in [4.78, 5) is 2.26. The van der Waals surface area contributed by atoms with Gasteiger partial charge in [-0.1, -0.05) is 37.4 Å². The zero-order chi connectivity index (χ0) is 20.7. The summed E-state index contributed by atoms with van der Waals surface area (Å²) in [6.45, 7) is 11.9. The fourth-order valence-electron chi connectivity index (χ4n) is 4.37. The number of fused-ring (bicyclic) bond motifs is 2. The number of anilines is 1. The molecule has 2 aromatic heterocycles. The minimum Gasteiger partial charge on any atom is -0.379 e. The predicted molar refractivity (Wildman–Crippen MR) is 122 cm³/mol. The Morgan fingerprint density at radius 3 is 3.00 bits per heavy atom. The summed E-state index contributed by atoms with van der Waals surface area (Å²) in [6, 6.07) is 10.8. The number of nitrogens with zero attached hydrogens (tertiary/aromatic N) is 4. The largest absolute Gasteiger partial charge is 0.379 e. The van der Waals surface area contributed by atoms with E-state index in [1.165, 1.54) is 5.56 Å². The Kier molecular flexibility index (Phi) is 4.47. The molecule has 0 spiro atoms. The van der Waals surface area contributed by atoms with Crippen molar-refractivity contribution in [3.8, 4) is 11.1 Å². The van der Waals surface area contributed by atoms with Gasteiger partial charge in [0.15, 0.2) is 0 Å². The lowest BCUT2D eigenvalue weighted by molar-refractivity contribution is 0.438. The number of allylic oxidation sites excluding steroid dienone is 1. The molecule has 1 saturated heterocycles. The highest BCUT2D eigenvalue weighted by Crippen LogP contribution is 2.36. The summed E-state index contributed by atoms with van der Waals surface area (Å²) in [6.07, 6.45) is 6.56. The molecule has 1 fully saturated rings. The van der Waals surface area contributed by atoms with E-state index in [1.807, 2.05) is 18.5 Å². The average molecular weight is 396 g/mol. The van der Waals surface area contributed by atoms with Crippen molar-refractivity contribution >= 4 is 27.5 Å². The quantitative estimate of drug-likeness (QED) is 0.480. The molecule has 150 valence electrons. The van der Waals surface area contributed by atoms with Gasteiger partial charge >= 0.3 is 0 Å². The van der Waals surface area contributed by atoms with E-state index in [0.717, 1.165) is 63.8 Å². The number of aryl methyl sites for hydroxylation is 1. The van der Waals surface area contributed by atoms with Crippen LogP contribution in [0.15, 0.2) is 67.7 Å². The van der Waals surface area contributed by atoms with E-state index in [4.69, 9.17) is 0 Å². The molecule has 0 amide bonds. The molecule has 0 saturated carbocycles. The number of H-pyrrole nitrogens is 1. The molecule has 0 bridgehead atoms. The lowest BCUT2D eigenvalue weighted by Crippen LogP contribution is -2.25. The van der Waals surface area contributed by atoms with Gasteiger partial charge in [0.05, 0.1) is 23.6 Å². The lowest BCUT2D eigenvalue weighted by atomic mass is 9.95.